The smallest absolute Gasteiger partial charge is 0.315 e. The van der Waals surface area contributed by atoms with Gasteiger partial charge in [-0.15, -0.1) is 0 Å². The molecule has 6 rings (SSSR count). The molecule has 5 nitrogen and oxygen atoms in total. The van der Waals surface area contributed by atoms with E-state index in [0.717, 1.165) is 48.1 Å². The largest absolute Gasteiger partial charge is 0.489 e. The standard InChI is InChI=1S/C35H35NO4/c1-23-32(35(38)40-27-16-8-9-17-27)33(28-18-10-11-19-31(28)39-22-24-12-4-2-5-13-24)34-29(36-23)20-26(21-30(34)37)25-14-6-3-7-15-25/h2-7,10-15,18-19,26-27,32-33H,8-9,16-17,20-22H2,1H3/t26-,32?,33+/m0/s1. The number of hydrogen-bond acceptors (Lipinski definition) is 5. The molecule has 1 saturated carbocycles. The highest BCUT2D eigenvalue weighted by atomic mass is 16.5. The van der Waals surface area contributed by atoms with Crippen LogP contribution in [0.25, 0.3) is 0 Å². The molecule has 3 aromatic carbocycles. The fraction of sp³-hybridized carbons (Fsp3) is 0.343. The monoisotopic (exact) mass is 533 g/mol. The first-order valence-corrected chi connectivity index (χ1v) is 14.4. The number of allylic oxidation sites excluding steroid dienone is 2. The summed E-state index contributed by atoms with van der Waals surface area (Å²) in [4.78, 5) is 32.8. The average molecular weight is 534 g/mol. The normalized spacial score (nSPS) is 23.0. The molecule has 40 heavy (non-hydrogen) atoms. The molecular formula is C35H35NO4. The predicted molar refractivity (Wildman–Crippen MR) is 155 cm³/mol. The van der Waals surface area contributed by atoms with Crippen molar-refractivity contribution >= 4 is 17.5 Å². The summed E-state index contributed by atoms with van der Waals surface area (Å²) in [5.74, 6) is -0.671. The molecule has 1 heterocycles. The van der Waals surface area contributed by atoms with E-state index in [9.17, 15) is 9.59 Å². The van der Waals surface area contributed by atoms with Gasteiger partial charge in [-0.05, 0) is 62.1 Å². The van der Waals surface area contributed by atoms with E-state index in [0.29, 0.717) is 36.5 Å². The number of carbonyl (C=O) groups excluding carboxylic acids is 2. The third kappa shape index (κ3) is 5.38. The fourth-order valence-corrected chi connectivity index (χ4v) is 6.51. The zero-order valence-electron chi connectivity index (χ0n) is 22.9. The van der Waals surface area contributed by atoms with E-state index in [4.69, 9.17) is 14.5 Å². The molecule has 0 saturated heterocycles. The second kappa shape index (κ2) is 11.6. The van der Waals surface area contributed by atoms with Gasteiger partial charge in [-0.1, -0.05) is 78.9 Å². The molecule has 1 fully saturated rings. The van der Waals surface area contributed by atoms with Crippen LogP contribution in [0.3, 0.4) is 0 Å². The first-order chi connectivity index (χ1) is 19.6. The molecule has 0 aromatic heterocycles. The number of hydrogen-bond donors (Lipinski definition) is 0. The Hall–Kier alpha value is -3.99. The van der Waals surface area contributed by atoms with Crippen molar-refractivity contribution in [1.82, 2.24) is 0 Å². The van der Waals surface area contributed by atoms with Crippen molar-refractivity contribution in [3.05, 3.63) is 113 Å². The quantitative estimate of drug-likeness (QED) is 0.298. The minimum atomic E-state index is -0.668. The Labute approximate surface area is 235 Å². The van der Waals surface area contributed by atoms with Crippen LogP contribution in [0.1, 0.15) is 74.0 Å². The van der Waals surface area contributed by atoms with Crippen LogP contribution in [0.2, 0.25) is 0 Å². The van der Waals surface area contributed by atoms with Gasteiger partial charge in [0.2, 0.25) is 0 Å². The van der Waals surface area contributed by atoms with Gasteiger partial charge in [0, 0.05) is 34.9 Å². The van der Waals surface area contributed by atoms with Gasteiger partial charge in [0.05, 0.1) is 0 Å². The number of esters is 1. The summed E-state index contributed by atoms with van der Waals surface area (Å²) < 4.78 is 12.4. The Kier molecular flexibility index (Phi) is 7.63. The van der Waals surface area contributed by atoms with Gasteiger partial charge < -0.3 is 9.47 Å². The van der Waals surface area contributed by atoms with E-state index in [-0.39, 0.29) is 23.8 Å². The molecule has 0 amide bonds. The summed E-state index contributed by atoms with van der Waals surface area (Å²) in [6, 6.07) is 28.0. The van der Waals surface area contributed by atoms with Gasteiger partial charge in [0.25, 0.3) is 0 Å². The third-order valence-corrected chi connectivity index (χ3v) is 8.49. The second-order valence-corrected chi connectivity index (χ2v) is 11.2. The van der Waals surface area contributed by atoms with E-state index in [1.165, 1.54) is 0 Å². The van der Waals surface area contributed by atoms with Crippen molar-refractivity contribution in [3.63, 3.8) is 0 Å². The molecular weight excluding hydrogens is 498 g/mol. The maximum Gasteiger partial charge on any atom is 0.315 e. The summed E-state index contributed by atoms with van der Waals surface area (Å²) in [5, 5.41) is 0. The zero-order valence-corrected chi connectivity index (χ0v) is 22.9. The van der Waals surface area contributed by atoms with Crippen molar-refractivity contribution < 1.29 is 19.1 Å². The SMILES string of the molecule is CC1=NC2=C(C(=O)C[C@@H](c3ccccc3)C2)[C@H](c2ccccc2OCc2ccccc2)C1C(=O)OC1CCCC1. The molecule has 204 valence electrons. The number of ketones is 1. The average Bonchev–Trinajstić information content (AvgIpc) is 3.49. The minimum absolute atomic E-state index is 0.0490. The maximum atomic E-state index is 14.0. The van der Waals surface area contributed by atoms with Gasteiger partial charge in [0.15, 0.2) is 5.78 Å². The van der Waals surface area contributed by atoms with Crippen LogP contribution in [-0.4, -0.2) is 23.6 Å². The highest BCUT2D eigenvalue weighted by Crippen LogP contribution is 2.49. The lowest BCUT2D eigenvalue weighted by Crippen LogP contribution is -2.39. The van der Waals surface area contributed by atoms with Crippen LogP contribution in [0.5, 0.6) is 5.75 Å². The summed E-state index contributed by atoms with van der Waals surface area (Å²) in [5.41, 5.74) is 5.15. The highest BCUT2D eigenvalue weighted by Gasteiger charge is 2.46. The Morgan fingerprint density at radius 1 is 0.875 bits per heavy atom. The van der Waals surface area contributed by atoms with Crippen LogP contribution in [-0.2, 0) is 20.9 Å². The van der Waals surface area contributed by atoms with Crippen LogP contribution < -0.4 is 4.74 Å². The number of para-hydroxylation sites is 1. The van der Waals surface area contributed by atoms with Gasteiger partial charge in [0.1, 0.15) is 24.4 Å². The summed E-state index contributed by atoms with van der Waals surface area (Å²) >= 11 is 0. The minimum Gasteiger partial charge on any atom is -0.489 e. The Bertz CT molecular complexity index is 1440. The van der Waals surface area contributed by atoms with E-state index >= 15 is 0 Å². The number of nitrogens with zero attached hydrogens (tertiary/aromatic N) is 1. The fourth-order valence-electron chi connectivity index (χ4n) is 6.51. The zero-order chi connectivity index (χ0) is 27.5. The van der Waals surface area contributed by atoms with E-state index in [1.807, 2.05) is 79.7 Å². The van der Waals surface area contributed by atoms with E-state index < -0.39 is 11.8 Å². The second-order valence-electron chi connectivity index (χ2n) is 11.2. The topological polar surface area (TPSA) is 65.0 Å². The van der Waals surface area contributed by atoms with Crippen molar-refractivity contribution in [2.24, 2.45) is 10.9 Å². The molecule has 2 aliphatic carbocycles. The summed E-state index contributed by atoms with van der Waals surface area (Å²) in [7, 11) is 0. The van der Waals surface area contributed by atoms with Crippen molar-refractivity contribution in [3.8, 4) is 5.75 Å². The molecule has 0 bridgehead atoms. The van der Waals surface area contributed by atoms with Crippen LogP contribution in [0.4, 0.5) is 0 Å². The molecule has 0 spiro atoms. The lowest BCUT2D eigenvalue weighted by atomic mass is 9.69. The molecule has 3 aliphatic rings. The number of Topliss-reactive ketones (excluding diaryl/α,β-unsaturated/α-hetero) is 1. The van der Waals surface area contributed by atoms with Gasteiger partial charge in [-0.25, -0.2) is 0 Å². The predicted octanol–water partition coefficient (Wildman–Crippen LogP) is 7.33. The Morgan fingerprint density at radius 2 is 1.55 bits per heavy atom. The molecule has 0 radical (unpaired) electrons. The highest BCUT2D eigenvalue weighted by molar-refractivity contribution is 6.09. The summed E-state index contributed by atoms with van der Waals surface area (Å²) in [6.45, 7) is 2.30. The van der Waals surface area contributed by atoms with Crippen molar-refractivity contribution in [1.29, 1.82) is 0 Å². The molecule has 3 aromatic rings. The lowest BCUT2D eigenvalue weighted by Gasteiger charge is -2.37. The lowest BCUT2D eigenvalue weighted by molar-refractivity contribution is -0.151. The van der Waals surface area contributed by atoms with Crippen molar-refractivity contribution in [2.45, 2.75) is 70.0 Å². The first-order valence-electron chi connectivity index (χ1n) is 14.4. The van der Waals surface area contributed by atoms with Crippen LogP contribution in [0.15, 0.2) is 101 Å². The van der Waals surface area contributed by atoms with Crippen molar-refractivity contribution in [2.75, 3.05) is 0 Å². The third-order valence-electron chi connectivity index (χ3n) is 8.49. The van der Waals surface area contributed by atoms with Gasteiger partial charge in [-0.3, -0.25) is 14.6 Å². The van der Waals surface area contributed by atoms with Crippen LogP contribution in [0, 0.1) is 5.92 Å². The van der Waals surface area contributed by atoms with Gasteiger partial charge >= 0.3 is 5.97 Å². The molecule has 0 N–H and O–H groups in total. The Morgan fingerprint density at radius 3 is 2.30 bits per heavy atom. The molecule has 5 heteroatoms. The number of rotatable bonds is 7. The number of benzene rings is 3. The van der Waals surface area contributed by atoms with E-state index in [1.54, 1.807) is 0 Å². The number of aliphatic imine (C=N–C) groups is 1. The first kappa shape index (κ1) is 26.2. The summed E-state index contributed by atoms with van der Waals surface area (Å²) in [6.07, 6.45) is 4.92. The van der Waals surface area contributed by atoms with Gasteiger partial charge in [-0.2, -0.15) is 0 Å². The molecule has 3 atom stereocenters. The Balaban J connectivity index is 1.39. The van der Waals surface area contributed by atoms with E-state index in [2.05, 4.69) is 12.1 Å². The number of ether oxygens (including phenoxy) is 2. The molecule has 1 unspecified atom stereocenters. The maximum absolute atomic E-state index is 14.0. The van der Waals surface area contributed by atoms with Crippen LogP contribution >= 0.6 is 0 Å². The number of carbonyl (C=O) groups is 2. The molecule has 1 aliphatic heterocycles.